The average Bonchev–Trinajstić information content (AvgIpc) is 3.08. The van der Waals surface area contributed by atoms with Crippen LogP contribution >= 0.6 is 11.8 Å². The number of aliphatic imine (C=N–C) groups is 1. The summed E-state index contributed by atoms with van der Waals surface area (Å²) in [6.45, 7) is 0. The molecule has 116 valence electrons. The Labute approximate surface area is 135 Å². The second-order valence-corrected chi connectivity index (χ2v) is 4.86. The molecule has 0 radical (unpaired) electrons. The summed E-state index contributed by atoms with van der Waals surface area (Å²) in [5.74, 6) is 1.23. The summed E-state index contributed by atoms with van der Waals surface area (Å²) in [6, 6.07) is 0. The highest BCUT2D eigenvalue weighted by Gasteiger charge is 1.92. The molecule has 22 heavy (non-hydrogen) atoms. The van der Waals surface area contributed by atoms with Gasteiger partial charge in [-0.05, 0) is 30.0 Å². The first-order chi connectivity index (χ1) is 10.9. The lowest BCUT2D eigenvalue weighted by molar-refractivity contribution is -0.113. The maximum Gasteiger partial charge on any atom is 0.160 e. The summed E-state index contributed by atoms with van der Waals surface area (Å²) in [4.78, 5) is 14.3. The van der Waals surface area contributed by atoms with Gasteiger partial charge in [0.15, 0.2) is 5.78 Å². The van der Waals surface area contributed by atoms with E-state index >= 15 is 0 Å². The van der Waals surface area contributed by atoms with Gasteiger partial charge in [-0.1, -0.05) is 12.2 Å². The Morgan fingerprint density at radius 3 is 2.73 bits per heavy atom. The van der Waals surface area contributed by atoms with Crippen LogP contribution < -0.4 is 16.0 Å². The van der Waals surface area contributed by atoms with Crippen LogP contribution in [0.15, 0.2) is 78.1 Å². The van der Waals surface area contributed by atoms with Crippen molar-refractivity contribution in [2.24, 2.45) is 4.99 Å². The van der Waals surface area contributed by atoms with E-state index in [1.54, 1.807) is 48.9 Å². The van der Waals surface area contributed by atoms with Gasteiger partial charge < -0.3 is 16.0 Å². The molecule has 0 saturated carbocycles. The van der Waals surface area contributed by atoms with Gasteiger partial charge in [-0.15, -0.1) is 11.8 Å². The largest absolute Gasteiger partial charge is 0.368 e. The third-order valence-corrected chi connectivity index (χ3v) is 2.90. The van der Waals surface area contributed by atoms with Crippen LogP contribution in [0.1, 0.15) is 6.42 Å². The number of carbonyl (C=O) groups excluding carboxylic acids is 1. The molecular formula is C16H20N4OS. The lowest BCUT2D eigenvalue weighted by atomic mass is 10.3. The van der Waals surface area contributed by atoms with Gasteiger partial charge in [0.25, 0.3) is 0 Å². The molecule has 3 N–H and O–H groups in total. The molecule has 0 amide bonds. The number of nitrogens with one attached hydrogen (secondary N) is 3. The zero-order valence-corrected chi connectivity index (χ0v) is 13.0. The Hall–Kier alpha value is -2.47. The fraction of sp³-hybridized carbons (Fsp3) is 0.125. The highest BCUT2D eigenvalue weighted by molar-refractivity contribution is 8.02. The van der Waals surface area contributed by atoms with E-state index < -0.39 is 0 Å². The molecule has 3 heterocycles. The third-order valence-electron chi connectivity index (χ3n) is 2.19. The Bertz CT molecular complexity index is 490. The smallest absolute Gasteiger partial charge is 0.160 e. The van der Waals surface area contributed by atoms with Gasteiger partial charge in [-0.25, -0.2) is 0 Å². The van der Waals surface area contributed by atoms with Gasteiger partial charge in [-0.2, -0.15) is 0 Å². The number of rotatable bonds is 0. The van der Waals surface area contributed by atoms with Crippen LogP contribution in [-0.2, 0) is 4.79 Å². The molecule has 5 nitrogen and oxygen atoms in total. The molecule has 0 fully saturated rings. The van der Waals surface area contributed by atoms with Crippen LogP contribution in [0, 0.1) is 0 Å². The van der Waals surface area contributed by atoms with E-state index in [4.69, 9.17) is 0 Å². The van der Waals surface area contributed by atoms with Crippen LogP contribution in [-0.4, -0.2) is 17.8 Å². The number of allylic oxidation sites excluding steroid dienone is 3. The van der Waals surface area contributed by atoms with Gasteiger partial charge >= 0.3 is 0 Å². The molecule has 0 aromatic carbocycles. The molecule has 0 aromatic heterocycles. The van der Waals surface area contributed by atoms with Crippen LogP contribution in [0.5, 0.6) is 0 Å². The number of carbonyl (C=O) groups is 1. The summed E-state index contributed by atoms with van der Waals surface area (Å²) in [7, 11) is 0. The molecule has 3 aliphatic rings. The van der Waals surface area contributed by atoms with Crippen molar-refractivity contribution in [3.8, 4) is 0 Å². The molecule has 0 spiro atoms. The monoisotopic (exact) mass is 316 g/mol. The van der Waals surface area contributed by atoms with Gasteiger partial charge in [-0.3, -0.25) is 9.79 Å². The van der Waals surface area contributed by atoms with Crippen molar-refractivity contribution in [2.75, 3.05) is 5.75 Å². The van der Waals surface area contributed by atoms with Gasteiger partial charge in [0.2, 0.25) is 0 Å². The molecule has 6 heteroatoms. The predicted octanol–water partition coefficient (Wildman–Crippen LogP) is 2.53. The Balaban J connectivity index is 0.000000166. The molecule has 0 aliphatic carbocycles. The minimum atomic E-state index is 0.145. The van der Waals surface area contributed by atoms with E-state index in [-0.39, 0.29) is 5.78 Å². The molecule has 0 atom stereocenters. The molecule has 0 bridgehead atoms. The lowest BCUT2D eigenvalue weighted by Crippen LogP contribution is -1.89. The minimum absolute atomic E-state index is 0.145. The quantitative estimate of drug-likeness (QED) is 0.641. The second-order valence-electron chi connectivity index (χ2n) is 3.92. The van der Waals surface area contributed by atoms with E-state index in [2.05, 4.69) is 27.0 Å². The first-order valence-electron chi connectivity index (χ1n) is 6.77. The topological polar surface area (TPSA) is 65.5 Å². The first-order valence-corrected chi connectivity index (χ1v) is 7.82. The fourth-order valence-corrected chi connectivity index (χ4v) is 1.71. The standard InChI is InChI=1S/C6H7NO.C5H6N2.C5H7NS/c8-6-2-1-4-7-5-3-6;1-2-6-4-5-7-3-1;1-2-6-3-5-7-4-1/h1,3-5,7H,2H2;1-6H;1-3,5-6H,4H2. The maximum atomic E-state index is 10.5. The van der Waals surface area contributed by atoms with E-state index in [1.807, 2.05) is 30.1 Å². The zero-order valence-electron chi connectivity index (χ0n) is 12.2. The molecule has 3 rings (SSSR count). The van der Waals surface area contributed by atoms with Crippen molar-refractivity contribution >= 4 is 23.8 Å². The summed E-state index contributed by atoms with van der Waals surface area (Å²) in [5.41, 5.74) is 0. The minimum Gasteiger partial charge on any atom is -0.368 e. The van der Waals surface area contributed by atoms with Crippen LogP contribution in [0.2, 0.25) is 0 Å². The van der Waals surface area contributed by atoms with Crippen LogP contribution in [0.4, 0.5) is 0 Å². The van der Waals surface area contributed by atoms with Crippen LogP contribution in [0.25, 0.3) is 0 Å². The third kappa shape index (κ3) is 11.4. The van der Waals surface area contributed by atoms with Gasteiger partial charge in [0.05, 0.1) is 0 Å². The zero-order chi connectivity index (χ0) is 15.7. The molecule has 0 aromatic rings. The number of nitrogens with zero attached hydrogens (tertiary/aromatic N) is 1. The van der Waals surface area contributed by atoms with E-state index in [0.29, 0.717) is 6.42 Å². The van der Waals surface area contributed by atoms with E-state index in [1.165, 1.54) is 6.08 Å². The number of thioether (sulfide) groups is 1. The van der Waals surface area contributed by atoms with Crippen molar-refractivity contribution in [3.05, 3.63) is 73.1 Å². The summed E-state index contributed by atoms with van der Waals surface area (Å²) in [5, 5.41) is 10.7. The number of ketones is 1. The maximum absolute atomic E-state index is 10.5. The summed E-state index contributed by atoms with van der Waals surface area (Å²) in [6.07, 6.45) is 22.0. The van der Waals surface area contributed by atoms with Gasteiger partial charge in [0.1, 0.15) is 0 Å². The molecular weight excluding hydrogens is 296 g/mol. The summed E-state index contributed by atoms with van der Waals surface area (Å²) >= 11 is 1.79. The highest BCUT2D eigenvalue weighted by Crippen LogP contribution is 2.02. The average molecular weight is 316 g/mol. The Kier molecular flexibility index (Phi) is 10.8. The summed E-state index contributed by atoms with van der Waals surface area (Å²) < 4.78 is 0. The first kappa shape index (κ1) is 17.6. The number of hydrogen-bond donors (Lipinski definition) is 3. The van der Waals surface area contributed by atoms with Crippen LogP contribution in [0.3, 0.4) is 0 Å². The van der Waals surface area contributed by atoms with E-state index in [0.717, 1.165) is 5.75 Å². The lowest BCUT2D eigenvalue weighted by Gasteiger charge is -1.78. The molecule has 3 aliphatic heterocycles. The predicted molar refractivity (Wildman–Crippen MR) is 94.8 cm³/mol. The normalized spacial score (nSPS) is 17.4. The fourth-order valence-electron chi connectivity index (χ4n) is 1.22. The molecule has 0 unspecified atom stereocenters. The SMILES string of the molecule is C1=CNC=CN=C1.C1=CNC=CSC1.O=C1C=CNC=CC1. The van der Waals surface area contributed by atoms with Crippen molar-refractivity contribution in [3.63, 3.8) is 0 Å². The van der Waals surface area contributed by atoms with Crippen molar-refractivity contribution in [2.45, 2.75) is 6.42 Å². The molecule has 0 saturated heterocycles. The Morgan fingerprint density at radius 2 is 1.77 bits per heavy atom. The number of hydrogen-bond acceptors (Lipinski definition) is 6. The van der Waals surface area contributed by atoms with Crippen molar-refractivity contribution < 1.29 is 4.79 Å². The van der Waals surface area contributed by atoms with Crippen molar-refractivity contribution in [1.29, 1.82) is 0 Å². The van der Waals surface area contributed by atoms with E-state index in [9.17, 15) is 4.79 Å². The highest BCUT2D eigenvalue weighted by atomic mass is 32.2. The second kappa shape index (κ2) is 13.5. The van der Waals surface area contributed by atoms with Gasteiger partial charge in [0, 0.05) is 49.4 Å². The van der Waals surface area contributed by atoms with Crippen molar-refractivity contribution in [1.82, 2.24) is 16.0 Å². The Morgan fingerprint density at radius 1 is 0.955 bits per heavy atom.